The zero-order valence-electron chi connectivity index (χ0n) is 10.4. The van der Waals surface area contributed by atoms with E-state index in [4.69, 9.17) is 14.6 Å². The molecule has 0 aliphatic carbocycles. The highest BCUT2D eigenvalue weighted by molar-refractivity contribution is 6.06. The standard InChI is InChI=1S/C15H12O5/c16-12(9-13(17)15(18)19)14-7-6-11(20-14)8-10-4-2-1-3-5-10/h1-7,9,17H,8H2,(H,18,19)/b13-9-. The number of ketones is 1. The molecule has 2 rings (SSSR count). The Balaban J connectivity index is 2.11. The molecule has 2 aromatic rings. The molecule has 0 radical (unpaired) electrons. The van der Waals surface area contributed by atoms with Crippen molar-refractivity contribution in [1.82, 2.24) is 0 Å². The van der Waals surface area contributed by atoms with Gasteiger partial charge in [-0.05, 0) is 17.7 Å². The predicted molar refractivity (Wildman–Crippen MR) is 70.6 cm³/mol. The number of rotatable bonds is 5. The van der Waals surface area contributed by atoms with Crippen molar-refractivity contribution < 1.29 is 24.2 Å². The number of aliphatic hydroxyl groups excluding tert-OH is 1. The molecule has 1 aromatic heterocycles. The summed E-state index contributed by atoms with van der Waals surface area (Å²) in [6, 6.07) is 12.7. The van der Waals surface area contributed by atoms with E-state index >= 15 is 0 Å². The third-order valence-corrected chi connectivity index (χ3v) is 2.61. The minimum Gasteiger partial charge on any atom is -0.502 e. The Morgan fingerprint density at radius 2 is 1.75 bits per heavy atom. The number of carbonyl (C=O) groups is 2. The van der Waals surface area contributed by atoms with Gasteiger partial charge in [0.1, 0.15) is 5.76 Å². The van der Waals surface area contributed by atoms with Crippen LogP contribution in [0.25, 0.3) is 0 Å². The largest absolute Gasteiger partial charge is 0.502 e. The monoisotopic (exact) mass is 272 g/mol. The lowest BCUT2D eigenvalue weighted by atomic mass is 10.1. The number of benzene rings is 1. The first kappa shape index (κ1) is 13.6. The maximum absolute atomic E-state index is 11.6. The topological polar surface area (TPSA) is 87.7 Å². The van der Waals surface area contributed by atoms with E-state index in [1.54, 1.807) is 6.07 Å². The molecule has 0 aliphatic rings. The fourth-order valence-electron chi connectivity index (χ4n) is 1.66. The Bertz CT molecular complexity index is 652. The van der Waals surface area contributed by atoms with E-state index in [0.29, 0.717) is 18.3 Å². The van der Waals surface area contributed by atoms with Gasteiger partial charge < -0.3 is 14.6 Å². The maximum Gasteiger partial charge on any atom is 0.371 e. The molecule has 0 saturated carbocycles. The number of carbonyl (C=O) groups excluding carboxylic acids is 1. The van der Waals surface area contributed by atoms with Crippen LogP contribution in [0.15, 0.2) is 58.7 Å². The molecule has 0 unspecified atom stereocenters. The lowest BCUT2D eigenvalue weighted by Gasteiger charge is -1.97. The average Bonchev–Trinajstić information content (AvgIpc) is 2.88. The van der Waals surface area contributed by atoms with Gasteiger partial charge in [0.2, 0.25) is 11.5 Å². The summed E-state index contributed by atoms with van der Waals surface area (Å²) in [6.45, 7) is 0. The highest BCUT2D eigenvalue weighted by Gasteiger charge is 2.13. The Morgan fingerprint density at radius 3 is 2.40 bits per heavy atom. The molecule has 0 atom stereocenters. The number of aliphatic hydroxyl groups is 1. The van der Waals surface area contributed by atoms with Gasteiger partial charge in [-0.15, -0.1) is 0 Å². The van der Waals surface area contributed by atoms with Crippen LogP contribution >= 0.6 is 0 Å². The number of allylic oxidation sites excluding steroid dienone is 1. The molecule has 20 heavy (non-hydrogen) atoms. The quantitative estimate of drug-likeness (QED) is 0.496. The number of hydrogen-bond acceptors (Lipinski definition) is 4. The van der Waals surface area contributed by atoms with Gasteiger partial charge in [-0.3, -0.25) is 4.79 Å². The van der Waals surface area contributed by atoms with Gasteiger partial charge >= 0.3 is 5.97 Å². The zero-order chi connectivity index (χ0) is 14.5. The molecule has 0 bridgehead atoms. The number of carboxylic acid groups (broad SMARTS) is 1. The average molecular weight is 272 g/mol. The molecule has 102 valence electrons. The smallest absolute Gasteiger partial charge is 0.371 e. The van der Waals surface area contributed by atoms with Crippen LogP contribution in [0, 0.1) is 0 Å². The van der Waals surface area contributed by atoms with Crippen LogP contribution in [0.2, 0.25) is 0 Å². The molecule has 5 nitrogen and oxygen atoms in total. The summed E-state index contributed by atoms with van der Waals surface area (Å²) >= 11 is 0. The van der Waals surface area contributed by atoms with Crippen molar-refractivity contribution in [3.8, 4) is 0 Å². The number of aliphatic carboxylic acids is 1. The molecule has 0 fully saturated rings. The van der Waals surface area contributed by atoms with E-state index in [1.165, 1.54) is 6.07 Å². The fourth-order valence-corrected chi connectivity index (χ4v) is 1.66. The molecule has 0 amide bonds. The van der Waals surface area contributed by atoms with E-state index in [0.717, 1.165) is 5.56 Å². The summed E-state index contributed by atoms with van der Waals surface area (Å²) in [5.41, 5.74) is 1.03. The first-order valence-electron chi connectivity index (χ1n) is 5.87. The van der Waals surface area contributed by atoms with Crippen molar-refractivity contribution in [3.63, 3.8) is 0 Å². The molecular formula is C15H12O5. The van der Waals surface area contributed by atoms with Gasteiger partial charge in [0.25, 0.3) is 0 Å². The number of hydrogen-bond donors (Lipinski definition) is 2. The second-order valence-electron chi connectivity index (χ2n) is 4.13. The Morgan fingerprint density at radius 1 is 1.05 bits per heavy atom. The van der Waals surface area contributed by atoms with Gasteiger partial charge in [0, 0.05) is 12.5 Å². The Hall–Kier alpha value is -2.82. The van der Waals surface area contributed by atoms with Gasteiger partial charge in [-0.25, -0.2) is 4.79 Å². The lowest BCUT2D eigenvalue weighted by Crippen LogP contribution is -2.03. The first-order chi connectivity index (χ1) is 9.56. The molecule has 0 saturated heterocycles. The second-order valence-corrected chi connectivity index (χ2v) is 4.13. The lowest BCUT2D eigenvalue weighted by molar-refractivity contribution is -0.135. The van der Waals surface area contributed by atoms with Gasteiger partial charge in [-0.1, -0.05) is 30.3 Å². The molecule has 0 spiro atoms. The summed E-state index contributed by atoms with van der Waals surface area (Å²) in [6.07, 6.45) is 1.15. The summed E-state index contributed by atoms with van der Waals surface area (Å²) in [7, 11) is 0. The van der Waals surface area contributed by atoms with Crippen molar-refractivity contribution >= 4 is 11.8 Å². The minimum atomic E-state index is -1.56. The molecule has 2 N–H and O–H groups in total. The van der Waals surface area contributed by atoms with Crippen molar-refractivity contribution in [1.29, 1.82) is 0 Å². The third-order valence-electron chi connectivity index (χ3n) is 2.61. The molecule has 0 aliphatic heterocycles. The SMILES string of the molecule is O=C(O)/C(O)=C/C(=O)c1ccc(Cc2ccccc2)o1. The fraction of sp³-hybridized carbons (Fsp3) is 0.0667. The van der Waals surface area contributed by atoms with Gasteiger partial charge in [-0.2, -0.15) is 0 Å². The highest BCUT2D eigenvalue weighted by atomic mass is 16.4. The highest BCUT2D eigenvalue weighted by Crippen LogP contribution is 2.14. The summed E-state index contributed by atoms with van der Waals surface area (Å²) in [4.78, 5) is 22.0. The minimum absolute atomic E-state index is 0.0104. The third kappa shape index (κ3) is 3.35. The predicted octanol–water partition coefficient (Wildman–Crippen LogP) is 2.58. The van der Waals surface area contributed by atoms with E-state index in [9.17, 15) is 9.59 Å². The van der Waals surface area contributed by atoms with Crippen LogP contribution in [-0.4, -0.2) is 22.0 Å². The van der Waals surface area contributed by atoms with Crippen LogP contribution < -0.4 is 0 Å². The van der Waals surface area contributed by atoms with E-state index in [-0.39, 0.29) is 5.76 Å². The van der Waals surface area contributed by atoms with Crippen LogP contribution in [0.5, 0.6) is 0 Å². The summed E-state index contributed by atoms with van der Waals surface area (Å²) in [5, 5.41) is 17.5. The van der Waals surface area contributed by atoms with E-state index in [1.807, 2.05) is 30.3 Å². The van der Waals surface area contributed by atoms with E-state index in [2.05, 4.69) is 0 Å². The van der Waals surface area contributed by atoms with E-state index < -0.39 is 17.5 Å². The van der Waals surface area contributed by atoms with Crippen LogP contribution in [0.1, 0.15) is 21.9 Å². The summed E-state index contributed by atoms with van der Waals surface area (Å²) < 4.78 is 5.33. The van der Waals surface area contributed by atoms with Gasteiger partial charge in [0.05, 0.1) is 0 Å². The van der Waals surface area contributed by atoms with Crippen molar-refractivity contribution in [2.24, 2.45) is 0 Å². The molecule has 5 heteroatoms. The van der Waals surface area contributed by atoms with Crippen LogP contribution in [-0.2, 0) is 11.2 Å². The number of carboxylic acids is 1. The van der Waals surface area contributed by atoms with Crippen LogP contribution in [0.4, 0.5) is 0 Å². The van der Waals surface area contributed by atoms with Crippen molar-refractivity contribution in [2.45, 2.75) is 6.42 Å². The van der Waals surface area contributed by atoms with Crippen molar-refractivity contribution in [3.05, 3.63) is 71.4 Å². The second kappa shape index (κ2) is 5.88. The first-order valence-corrected chi connectivity index (χ1v) is 5.87. The number of furan rings is 1. The van der Waals surface area contributed by atoms with Crippen LogP contribution in [0.3, 0.4) is 0 Å². The Kier molecular flexibility index (Phi) is 4.00. The molecule has 1 aromatic carbocycles. The van der Waals surface area contributed by atoms with Crippen molar-refractivity contribution in [2.75, 3.05) is 0 Å². The zero-order valence-corrected chi connectivity index (χ0v) is 10.4. The van der Waals surface area contributed by atoms with Gasteiger partial charge in [0.15, 0.2) is 5.76 Å². The maximum atomic E-state index is 11.6. The normalized spacial score (nSPS) is 11.3. The summed E-state index contributed by atoms with van der Waals surface area (Å²) in [5.74, 6) is -2.69. The Labute approximate surface area is 114 Å². The molecule has 1 heterocycles. The molecular weight excluding hydrogens is 260 g/mol.